The van der Waals surface area contributed by atoms with Gasteiger partial charge in [0.1, 0.15) is 28.4 Å². The molecular weight excluding hydrogens is 448 g/mol. The van der Waals surface area contributed by atoms with E-state index in [9.17, 15) is 19.5 Å². The molecule has 0 bridgehead atoms. The fourth-order valence-corrected chi connectivity index (χ4v) is 3.68. The van der Waals surface area contributed by atoms with Crippen LogP contribution in [0.2, 0.25) is 0 Å². The van der Waals surface area contributed by atoms with Gasteiger partial charge < -0.3 is 18.7 Å². The van der Waals surface area contributed by atoms with Crippen LogP contribution >= 0.6 is 0 Å². The van der Waals surface area contributed by atoms with Gasteiger partial charge in [0.05, 0.1) is 13.5 Å². The minimum Gasteiger partial charge on any atom is -0.507 e. The second kappa shape index (κ2) is 11.5. The summed E-state index contributed by atoms with van der Waals surface area (Å²) in [4.78, 5) is 36.6. The number of aryl methyl sites for hydroxylation is 1. The summed E-state index contributed by atoms with van der Waals surface area (Å²) in [6.45, 7) is 5.47. The van der Waals surface area contributed by atoms with Crippen LogP contribution in [0, 0.1) is 0 Å². The van der Waals surface area contributed by atoms with Crippen LogP contribution in [-0.4, -0.2) is 24.0 Å². The van der Waals surface area contributed by atoms with Crippen LogP contribution in [0.5, 0.6) is 5.75 Å². The molecular formula is C28H30O7. The number of hydrogen-bond donors (Lipinski definition) is 1. The highest BCUT2D eigenvalue weighted by Gasteiger charge is 2.22. The maximum absolute atomic E-state index is 12.9. The first-order chi connectivity index (χ1) is 16.7. The Hall–Kier alpha value is -3.87. The Balaban J connectivity index is 1.74. The number of carbonyl (C=O) groups is 2. The molecule has 0 radical (unpaired) electrons. The number of benzene rings is 1. The summed E-state index contributed by atoms with van der Waals surface area (Å²) in [5.41, 5.74) is 0.805. The fourth-order valence-electron chi connectivity index (χ4n) is 3.68. The minimum absolute atomic E-state index is 0.180. The van der Waals surface area contributed by atoms with Crippen molar-refractivity contribution in [1.82, 2.24) is 0 Å². The average molecular weight is 479 g/mol. The van der Waals surface area contributed by atoms with Gasteiger partial charge in [-0.25, -0.2) is 4.79 Å². The molecule has 7 heteroatoms. The maximum atomic E-state index is 12.9. The van der Waals surface area contributed by atoms with Crippen LogP contribution in [0.25, 0.3) is 17.0 Å². The molecule has 1 atom stereocenters. The molecule has 0 aliphatic carbocycles. The van der Waals surface area contributed by atoms with Crippen LogP contribution < -0.4 is 5.63 Å². The molecule has 7 nitrogen and oxygen atoms in total. The van der Waals surface area contributed by atoms with Crippen LogP contribution in [0.15, 0.2) is 61.7 Å². The Kier molecular flexibility index (Phi) is 8.47. The van der Waals surface area contributed by atoms with Gasteiger partial charge in [0.15, 0.2) is 5.78 Å². The van der Waals surface area contributed by atoms with Gasteiger partial charge >= 0.3 is 11.6 Å². The number of rotatable bonds is 10. The van der Waals surface area contributed by atoms with E-state index in [2.05, 4.69) is 11.7 Å². The van der Waals surface area contributed by atoms with E-state index in [-0.39, 0.29) is 29.6 Å². The molecule has 0 aliphatic rings. The van der Waals surface area contributed by atoms with Gasteiger partial charge in [0.2, 0.25) is 0 Å². The van der Waals surface area contributed by atoms with E-state index in [1.807, 2.05) is 37.3 Å². The molecule has 1 aromatic carbocycles. The zero-order valence-electron chi connectivity index (χ0n) is 20.4. The van der Waals surface area contributed by atoms with E-state index in [1.54, 1.807) is 19.1 Å². The van der Waals surface area contributed by atoms with E-state index in [0.717, 1.165) is 23.0 Å². The summed E-state index contributed by atoms with van der Waals surface area (Å²) in [6, 6.07) is 9.07. The highest BCUT2D eigenvalue weighted by Crippen LogP contribution is 2.27. The quantitative estimate of drug-likeness (QED) is 0.166. The van der Waals surface area contributed by atoms with Crippen molar-refractivity contribution < 1.29 is 28.3 Å². The molecule has 3 aromatic rings. The topological polar surface area (TPSA) is 107 Å². The third-order valence-corrected chi connectivity index (χ3v) is 5.84. The molecule has 0 saturated heterocycles. The SMILES string of the molecule is CCc1ccc2cc(C=C(C)C(=O)c3c(O)cc(C(C)CCC=CCC(=O)OC)oc3=O)oc2c1. The Bertz CT molecular complexity index is 1340. The van der Waals surface area contributed by atoms with Crippen molar-refractivity contribution in [2.75, 3.05) is 7.11 Å². The third kappa shape index (κ3) is 6.38. The number of esters is 1. The molecule has 2 heterocycles. The lowest BCUT2D eigenvalue weighted by atomic mass is 9.99. The predicted octanol–water partition coefficient (Wildman–Crippen LogP) is 5.94. The summed E-state index contributed by atoms with van der Waals surface area (Å²) >= 11 is 0. The number of ether oxygens (including phenoxy) is 1. The van der Waals surface area contributed by atoms with Crippen LogP contribution in [-0.2, 0) is 16.0 Å². The number of fused-ring (bicyclic) bond motifs is 1. The summed E-state index contributed by atoms with van der Waals surface area (Å²) < 4.78 is 15.8. The summed E-state index contributed by atoms with van der Waals surface area (Å²) in [5, 5.41) is 11.4. The van der Waals surface area contributed by atoms with Crippen molar-refractivity contribution >= 4 is 28.8 Å². The summed E-state index contributed by atoms with van der Waals surface area (Å²) in [5.74, 6) is -0.777. The smallest absolute Gasteiger partial charge is 0.351 e. The number of carbonyl (C=O) groups excluding carboxylic acids is 2. The Labute approximate surface area is 203 Å². The van der Waals surface area contributed by atoms with E-state index in [4.69, 9.17) is 8.83 Å². The molecule has 0 saturated carbocycles. The van der Waals surface area contributed by atoms with Gasteiger partial charge in [-0.3, -0.25) is 9.59 Å². The van der Waals surface area contributed by atoms with E-state index < -0.39 is 22.7 Å². The number of hydrogen-bond acceptors (Lipinski definition) is 7. The molecule has 2 aromatic heterocycles. The van der Waals surface area contributed by atoms with Crippen molar-refractivity contribution in [3.05, 3.63) is 81.1 Å². The highest BCUT2D eigenvalue weighted by molar-refractivity contribution is 6.12. The fraction of sp³-hybridized carbons (Fsp3) is 0.321. The van der Waals surface area contributed by atoms with Crippen molar-refractivity contribution in [1.29, 1.82) is 0 Å². The van der Waals surface area contributed by atoms with Gasteiger partial charge in [0.25, 0.3) is 0 Å². The predicted molar refractivity (Wildman–Crippen MR) is 134 cm³/mol. The maximum Gasteiger partial charge on any atom is 0.351 e. The molecule has 1 N–H and O–H groups in total. The average Bonchev–Trinajstić information content (AvgIpc) is 3.24. The lowest BCUT2D eigenvalue weighted by molar-refractivity contribution is -0.139. The van der Waals surface area contributed by atoms with E-state index >= 15 is 0 Å². The second-order valence-electron chi connectivity index (χ2n) is 8.46. The summed E-state index contributed by atoms with van der Waals surface area (Å²) in [7, 11) is 1.33. The van der Waals surface area contributed by atoms with Crippen molar-refractivity contribution in [3.63, 3.8) is 0 Å². The minimum atomic E-state index is -0.886. The van der Waals surface area contributed by atoms with E-state index in [0.29, 0.717) is 18.6 Å². The van der Waals surface area contributed by atoms with Gasteiger partial charge in [-0.1, -0.05) is 38.1 Å². The number of Topliss-reactive ketones (excluding diaryl/α,β-unsaturated/α-hetero) is 1. The van der Waals surface area contributed by atoms with Gasteiger partial charge in [-0.2, -0.15) is 0 Å². The molecule has 184 valence electrons. The number of allylic oxidation sites excluding steroid dienone is 2. The first-order valence-corrected chi connectivity index (χ1v) is 11.6. The zero-order valence-corrected chi connectivity index (χ0v) is 20.4. The normalized spacial score (nSPS) is 12.9. The number of furan rings is 1. The highest BCUT2D eigenvalue weighted by atomic mass is 16.5. The van der Waals surface area contributed by atoms with Crippen molar-refractivity contribution in [3.8, 4) is 5.75 Å². The van der Waals surface area contributed by atoms with Gasteiger partial charge in [0, 0.05) is 22.9 Å². The zero-order chi connectivity index (χ0) is 25.5. The van der Waals surface area contributed by atoms with Crippen molar-refractivity contribution in [2.24, 2.45) is 0 Å². The Morgan fingerprint density at radius 2 is 1.91 bits per heavy atom. The standard InChI is InChI=1S/C28H30O7/c1-5-19-11-12-20-15-21(34-24(20)14-19)13-18(3)27(31)26-22(29)16-23(35-28(26)32)17(2)9-7-6-8-10-25(30)33-4/h6,8,11-17,29H,5,7,9-10H2,1-4H3. The Morgan fingerprint density at radius 3 is 2.60 bits per heavy atom. The monoisotopic (exact) mass is 478 g/mol. The lowest BCUT2D eigenvalue weighted by Crippen LogP contribution is -2.16. The van der Waals surface area contributed by atoms with Crippen LogP contribution in [0.4, 0.5) is 0 Å². The molecule has 0 spiro atoms. The van der Waals surface area contributed by atoms with Gasteiger partial charge in [-0.15, -0.1) is 0 Å². The summed E-state index contributed by atoms with van der Waals surface area (Å²) in [6.07, 6.45) is 7.45. The van der Waals surface area contributed by atoms with Crippen LogP contribution in [0.3, 0.4) is 0 Å². The van der Waals surface area contributed by atoms with E-state index in [1.165, 1.54) is 13.2 Å². The molecule has 1 unspecified atom stereocenters. The second-order valence-corrected chi connectivity index (χ2v) is 8.46. The molecule has 0 aliphatic heterocycles. The van der Waals surface area contributed by atoms with Crippen molar-refractivity contribution in [2.45, 2.75) is 52.4 Å². The first kappa shape index (κ1) is 25.7. The number of methoxy groups -OCH3 is 1. The number of ketones is 1. The molecule has 3 rings (SSSR count). The third-order valence-electron chi connectivity index (χ3n) is 5.84. The largest absolute Gasteiger partial charge is 0.507 e. The molecule has 0 amide bonds. The molecule has 35 heavy (non-hydrogen) atoms. The van der Waals surface area contributed by atoms with Gasteiger partial charge in [-0.05, 0) is 50.0 Å². The Morgan fingerprint density at radius 1 is 1.14 bits per heavy atom. The first-order valence-electron chi connectivity index (χ1n) is 11.6. The van der Waals surface area contributed by atoms with Crippen LogP contribution in [0.1, 0.15) is 73.4 Å². The molecule has 0 fully saturated rings. The lowest BCUT2D eigenvalue weighted by Gasteiger charge is -2.11. The number of aromatic hydroxyl groups is 1.